The molecule has 0 saturated heterocycles. The zero-order chi connectivity index (χ0) is 21.8. The molecule has 0 bridgehead atoms. The second-order valence-corrected chi connectivity index (χ2v) is 8.19. The van der Waals surface area contributed by atoms with E-state index in [0.717, 1.165) is 16.7 Å². The SMILES string of the molecule is Cc1ccc(-c2nnc(SCC(=O)Nc3ccnn3Cc3ccccc3Cl)n2N)cc1. The number of nitrogens with two attached hydrogens (primary N) is 1. The van der Waals surface area contributed by atoms with Crippen molar-refractivity contribution in [2.75, 3.05) is 16.9 Å². The third-order valence-corrected chi connectivity index (χ3v) is 5.88. The average Bonchev–Trinajstić information content (AvgIpc) is 3.35. The molecule has 31 heavy (non-hydrogen) atoms. The summed E-state index contributed by atoms with van der Waals surface area (Å²) in [4.78, 5) is 12.5. The van der Waals surface area contributed by atoms with Crippen molar-refractivity contribution >= 4 is 35.1 Å². The fraction of sp³-hybridized carbons (Fsp3) is 0.143. The summed E-state index contributed by atoms with van der Waals surface area (Å²) < 4.78 is 3.08. The van der Waals surface area contributed by atoms with E-state index in [1.54, 1.807) is 16.9 Å². The number of aryl methyl sites for hydroxylation is 1. The van der Waals surface area contributed by atoms with Crippen LogP contribution in [0.4, 0.5) is 5.82 Å². The highest BCUT2D eigenvalue weighted by Crippen LogP contribution is 2.22. The van der Waals surface area contributed by atoms with Crippen LogP contribution in [0, 0.1) is 6.92 Å². The van der Waals surface area contributed by atoms with Crippen molar-refractivity contribution in [1.82, 2.24) is 24.7 Å². The summed E-state index contributed by atoms with van der Waals surface area (Å²) in [6.45, 7) is 2.46. The van der Waals surface area contributed by atoms with Crippen LogP contribution in [0.2, 0.25) is 5.02 Å². The summed E-state index contributed by atoms with van der Waals surface area (Å²) >= 11 is 7.44. The van der Waals surface area contributed by atoms with Gasteiger partial charge in [0.05, 0.1) is 18.5 Å². The highest BCUT2D eigenvalue weighted by atomic mass is 35.5. The van der Waals surface area contributed by atoms with Gasteiger partial charge in [0.1, 0.15) is 5.82 Å². The number of rotatable bonds is 7. The van der Waals surface area contributed by atoms with Gasteiger partial charge in [0.25, 0.3) is 0 Å². The number of hydrogen-bond donors (Lipinski definition) is 2. The van der Waals surface area contributed by atoms with E-state index in [1.165, 1.54) is 16.4 Å². The van der Waals surface area contributed by atoms with Crippen molar-refractivity contribution in [1.29, 1.82) is 0 Å². The highest BCUT2D eigenvalue weighted by Gasteiger charge is 2.15. The van der Waals surface area contributed by atoms with Crippen LogP contribution in [0.1, 0.15) is 11.1 Å². The van der Waals surface area contributed by atoms with Crippen LogP contribution < -0.4 is 11.2 Å². The first-order valence-corrected chi connectivity index (χ1v) is 10.8. The van der Waals surface area contributed by atoms with E-state index in [4.69, 9.17) is 17.4 Å². The first-order chi connectivity index (χ1) is 15.0. The number of benzene rings is 2. The standard InChI is InChI=1S/C21H20ClN7OS/c1-14-6-8-15(9-7-14)20-26-27-21(29(20)23)31-13-19(30)25-18-10-11-24-28(18)12-16-4-2-3-5-17(16)22/h2-11H,12-13,23H2,1H3,(H,25,30). The highest BCUT2D eigenvalue weighted by molar-refractivity contribution is 7.99. The second kappa shape index (κ2) is 9.23. The Hall–Kier alpha value is -3.30. The van der Waals surface area contributed by atoms with E-state index in [2.05, 4.69) is 20.6 Å². The summed E-state index contributed by atoms with van der Waals surface area (Å²) in [7, 11) is 0. The maximum absolute atomic E-state index is 12.5. The Morgan fingerprint density at radius 2 is 1.90 bits per heavy atom. The van der Waals surface area contributed by atoms with Crippen LogP contribution in [-0.2, 0) is 11.3 Å². The molecule has 0 aliphatic rings. The minimum Gasteiger partial charge on any atom is -0.335 e. The van der Waals surface area contributed by atoms with Gasteiger partial charge in [-0.15, -0.1) is 10.2 Å². The zero-order valence-corrected chi connectivity index (χ0v) is 18.3. The van der Waals surface area contributed by atoms with E-state index in [9.17, 15) is 4.79 Å². The Balaban J connectivity index is 1.38. The first-order valence-electron chi connectivity index (χ1n) is 9.46. The molecule has 8 nitrogen and oxygen atoms in total. The third kappa shape index (κ3) is 4.89. The molecular formula is C21H20ClN7OS. The van der Waals surface area contributed by atoms with Crippen LogP contribution in [0.3, 0.4) is 0 Å². The Morgan fingerprint density at radius 3 is 2.68 bits per heavy atom. The summed E-state index contributed by atoms with van der Waals surface area (Å²) in [5.41, 5.74) is 2.92. The molecule has 10 heteroatoms. The molecule has 3 N–H and O–H groups in total. The summed E-state index contributed by atoms with van der Waals surface area (Å²) in [5.74, 6) is 7.18. The Kier molecular flexibility index (Phi) is 6.24. The fourth-order valence-electron chi connectivity index (χ4n) is 2.94. The van der Waals surface area contributed by atoms with Gasteiger partial charge in [-0.1, -0.05) is 71.4 Å². The monoisotopic (exact) mass is 453 g/mol. The van der Waals surface area contributed by atoms with Gasteiger partial charge >= 0.3 is 0 Å². The number of aromatic nitrogens is 5. The van der Waals surface area contributed by atoms with Gasteiger partial charge in [-0.05, 0) is 18.6 Å². The van der Waals surface area contributed by atoms with Gasteiger partial charge in [0.15, 0.2) is 5.82 Å². The van der Waals surface area contributed by atoms with E-state index < -0.39 is 0 Å². The predicted molar refractivity (Wildman–Crippen MR) is 122 cm³/mol. The van der Waals surface area contributed by atoms with Crippen molar-refractivity contribution in [2.45, 2.75) is 18.6 Å². The average molecular weight is 454 g/mol. The number of nitrogens with one attached hydrogen (secondary N) is 1. The van der Waals surface area contributed by atoms with Crippen molar-refractivity contribution in [3.63, 3.8) is 0 Å². The van der Waals surface area contributed by atoms with E-state index in [-0.39, 0.29) is 11.7 Å². The molecule has 2 aromatic heterocycles. The van der Waals surface area contributed by atoms with Gasteiger partial charge in [-0.2, -0.15) is 5.10 Å². The van der Waals surface area contributed by atoms with Gasteiger partial charge in [0, 0.05) is 16.7 Å². The topological polar surface area (TPSA) is 104 Å². The number of anilines is 1. The minimum absolute atomic E-state index is 0.126. The van der Waals surface area contributed by atoms with Crippen molar-refractivity contribution in [3.8, 4) is 11.4 Å². The molecule has 2 aromatic carbocycles. The normalized spacial score (nSPS) is 10.9. The van der Waals surface area contributed by atoms with Gasteiger partial charge in [-0.25, -0.2) is 9.36 Å². The molecule has 0 fully saturated rings. The molecule has 4 rings (SSSR count). The number of halogens is 1. The number of carbonyl (C=O) groups is 1. The van der Waals surface area contributed by atoms with Crippen LogP contribution in [-0.4, -0.2) is 36.3 Å². The molecular weight excluding hydrogens is 434 g/mol. The Labute approximate surface area is 188 Å². The quantitative estimate of drug-likeness (QED) is 0.327. The molecule has 0 aliphatic carbocycles. The minimum atomic E-state index is -0.203. The van der Waals surface area contributed by atoms with E-state index in [0.29, 0.717) is 28.4 Å². The van der Waals surface area contributed by atoms with Gasteiger partial charge < -0.3 is 11.2 Å². The van der Waals surface area contributed by atoms with Crippen LogP contribution in [0.25, 0.3) is 11.4 Å². The third-order valence-electron chi connectivity index (χ3n) is 4.57. The van der Waals surface area contributed by atoms with Crippen LogP contribution >= 0.6 is 23.4 Å². The summed E-state index contributed by atoms with van der Waals surface area (Å²) in [6, 6.07) is 17.1. The molecule has 0 atom stereocenters. The Bertz CT molecular complexity index is 1200. The second-order valence-electron chi connectivity index (χ2n) is 6.84. The number of thioether (sulfide) groups is 1. The first kappa shape index (κ1) is 21.0. The molecule has 0 saturated carbocycles. The number of nitrogens with zero attached hydrogens (tertiary/aromatic N) is 5. The number of carbonyl (C=O) groups excluding carboxylic acids is 1. The van der Waals surface area contributed by atoms with Crippen molar-refractivity contribution in [3.05, 3.63) is 76.9 Å². The maximum Gasteiger partial charge on any atom is 0.235 e. The zero-order valence-electron chi connectivity index (χ0n) is 16.7. The molecule has 0 unspecified atom stereocenters. The molecule has 1 amide bonds. The smallest absolute Gasteiger partial charge is 0.235 e. The lowest BCUT2D eigenvalue weighted by Crippen LogP contribution is -2.19. The fourth-order valence-corrected chi connectivity index (χ4v) is 3.79. The van der Waals surface area contributed by atoms with Crippen LogP contribution in [0.15, 0.2) is 66.0 Å². The maximum atomic E-state index is 12.5. The number of nitrogen functional groups attached to an aromatic ring is 1. The molecule has 158 valence electrons. The van der Waals surface area contributed by atoms with E-state index >= 15 is 0 Å². The molecule has 4 aromatic rings. The number of amides is 1. The van der Waals surface area contributed by atoms with Gasteiger partial charge in [0.2, 0.25) is 11.1 Å². The Morgan fingerprint density at radius 1 is 1.13 bits per heavy atom. The predicted octanol–water partition coefficient (Wildman–Crippen LogP) is 3.60. The molecule has 0 radical (unpaired) electrons. The van der Waals surface area contributed by atoms with Crippen molar-refractivity contribution < 1.29 is 4.79 Å². The van der Waals surface area contributed by atoms with Crippen LogP contribution in [0.5, 0.6) is 0 Å². The lowest BCUT2D eigenvalue weighted by atomic mass is 10.1. The molecule has 0 spiro atoms. The lowest BCUT2D eigenvalue weighted by molar-refractivity contribution is -0.113. The number of hydrogen-bond acceptors (Lipinski definition) is 6. The molecule has 0 aliphatic heterocycles. The summed E-state index contributed by atoms with van der Waals surface area (Å²) in [5, 5.41) is 16.5. The van der Waals surface area contributed by atoms with Crippen molar-refractivity contribution in [2.24, 2.45) is 0 Å². The molecule has 2 heterocycles. The lowest BCUT2D eigenvalue weighted by Gasteiger charge is -2.10. The summed E-state index contributed by atoms with van der Waals surface area (Å²) in [6.07, 6.45) is 1.63. The van der Waals surface area contributed by atoms with E-state index in [1.807, 2.05) is 55.5 Å². The van der Waals surface area contributed by atoms with Gasteiger partial charge in [-0.3, -0.25) is 4.79 Å². The largest absolute Gasteiger partial charge is 0.335 e.